The number of aliphatic hydroxyl groups excluding tert-OH is 2. The number of aliphatic carboxylic acids is 1. The van der Waals surface area contributed by atoms with Crippen molar-refractivity contribution in [2.45, 2.75) is 44.8 Å². The number of para-hydroxylation sites is 1. The number of aliphatic hydroxyl groups is 2. The van der Waals surface area contributed by atoms with Gasteiger partial charge < -0.3 is 24.7 Å². The summed E-state index contributed by atoms with van der Waals surface area (Å²) in [5, 5.41) is 31.4. The number of carbonyl (C=O) groups excluding carboxylic acids is 1. The van der Waals surface area contributed by atoms with E-state index in [0.29, 0.717) is 22.0 Å². The van der Waals surface area contributed by atoms with Crippen LogP contribution in [0.5, 0.6) is 0 Å². The van der Waals surface area contributed by atoms with E-state index in [1.165, 1.54) is 41.0 Å². The van der Waals surface area contributed by atoms with Crippen molar-refractivity contribution in [2.75, 3.05) is 0 Å². The van der Waals surface area contributed by atoms with Gasteiger partial charge in [0.15, 0.2) is 0 Å². The molecule has 7 heteroatoms. The van der Waals surface area contributed by atoms with Gasteiger partial charge in [-0.15, -0.1) is 0 Å². The molecular weight excluding hydrogens is 410 g/mol. The molecule has 0 spiro atoms. The molecule has 2 aromatic carbocycles. The molecule has 0 aliphatic heterocycles. The van der Waals surface area contributed by atoms with Crippen LogP contribution in [0.25, 0.3) is 28.1 Å². The number of hydrogen-bond acceptors (Lipinski definition) is 4. The molecule has 3 aromatic rings. The van der Waals surface area contributed by atoms with Crippen molar-refractivity contribution in [3.8, 4) is 11.1 Å². The van der Waals surface area contributed by atoms with Crippen molar-refractivity contribution in [1.29, 1.82) is 0 Å². The van der Waals surface area contributed by atoms with Gasteiger partial charge in [0.2, 0.25) is 0 Å². The Hall–Kier alpha value is -1.96. The van der Waals surface area contributed by atoms with E-state index in [1.807, 2.05) is 0 Å². The summed E-state index contributed by atoms with van der Waals surface area (Å²) in [5.41, 5.74) is 1.34. The first kappa shape index (κ1) is 17.6. The van der Waals surface area contributed by atoms with Gasteiger partial charge in [-0.3, -0.25) is 0 Å². The second-order valence-electron chi connectivity index (χ2n) is 6.95. The second kappa shape index (κ2) is 11.1. The maximum absolute atomic E-state index is 13.7. The van der Waals surface area contributed by atoms with E-state index < -0.39 is 50.2 Å². The Labute approximate surface area is 211 Å². The summed E-state index contributed by atoms with van der Waals surface area (Å²) < 4.78 is 62.9. The summed E-state index contributed by atoms with van der Waals surface area (Å²) in [5.74, 6) is -1.99. The third-order valence-electron chi connectivity index (χ3n) is 4.73. The largest absolute Gasteiger partial charge is 1.00 e. The topological polar surface area (TPSA) is 85.5 Å². The number of hydrogen-bond donors (Lipinski definition) is 2. The van der Waals surface area contributed by atoms with Gasteiger partial charge in [-0.1, -0.05) is 36.4 Å². The SMILES string of the molecule is [2H][13C]([2H])([2H])C(n1c(/C=C/[C@H](O)C[C@H](O)CC(=O)[O-])c(-c2ccc(F)cc2)c2ccccc21)[13C]([2H])([2H])[2H].[Na+]. The minimum absolute atomic E-state index is 0. The van der Waals surface area contributed by atoms with Crippen molar-refractivity contribution < 1.29 is 62.3 Å². The van der Waals surface area contributed by atoms with E-state index in [-0.39, 0.29) is 41.7 Å². The molecule has 2 N–H and O–H groups in total. The molecule has 0 aliphatic carbocycles. The Balaban J connectivity index is 0.00000481. The van der Waals surface area contributed by atoms with Gasteiger partial charge in [0.25, 0.3) is 0 Å². The first-order valence-electron chi connectivity index (χ1n) is 12.3. The molecule has 0 radical (unpaired) electrons. The number of nitrogens with zero attached hydrogens (tertiary/aromatic N) is 1. The maximum atomic E-state index is 13.7. The molecule has 0 bridgehead atoms. The van der Waals surface area contributed by atoms with Crippen molar-refractivity contribution in [3.05, 3.63) is 66.1 Å². The fourth-order valence-electron chi connectivity index (χ4n) is 3.48. The Morgan fingerprint density at radius 3 is 2.52 bits per heavy atom. The first-order chi connectivity index (χ1) is 16.7. The Morgan fingerprint density at radius 1 is 1.19 bits per heavy atom. The average Bonchev–Trinajstić information content (AvgIpc) is 3.04. The van der Waals surface area contributed by atoms with Crippen molar-refractivity contribution >= 4 is 22.9 Å². The summed E-state index contributed by atoms with van der Waals surface area (Å²) in [6.07, 6.45) is -1.23. The summed E-state index contributed by atoms with van der Waals surface area (Å²) in [6.45, 7) is -5.89. The monoisotopic (exact) mass is 441 g/mol. The zero-order chi connectivity index (χ0) is 26.8. The minimum atomic E-state index is -2.95. The molecule has 3 rings (SSSR count). The molecule has 1 heterocycles. The first-order valence-corrected chi connectivity index (χ1v) is 9.33. The fourth-order valence-corrected chi connectivity index (χ4v) is 3.48. The van der Waals surface area contributed by atoms with Crippen LogP contribution in [0.2, 0.25) is 0 Å². The summed E-state index contributed by atoms with van der Waals surface area (Å²) in [4.78, 5) is 10.7. The zero-order valence-corrected chi connectivity index (χ0v) is 19.0. The minimum Gasteiger partial charge on any atom is -0.550 e. The van der Waals surface area contributed by atoms with Crippen LogP contribution in [0.1, 0.15) is 46.5 Å². The second-order valence-corrected chi connectivity index (χ2v) is 6.95. The average molecular weight is 441 g/mol. The van der Waals surface area contributed by atoms with E-state index in [9.17, 15) is 24.5 Å². The quantitative estimate of drug-likeness (QED) is 0.389. The molecule has 2 atom stereocenters. The Morgan fingerprint density at radius 2 is 1.87 bits per heavy atom. The molecule has 0 fully saturated rings. The van der Waals surface area contributed by atoms with Crippen LogP contribution in [-0.2, 0) is 4.79 Å². The van der Waals surface area contributed by atoms with Crippen LogP contribution in [0.15, 0.2) is 54.6 Å². The normalized spacial score (nSPS) is 17.2. The summed E-state index contributed by atoms with van der Waals surface area (Å²) >= 11 is 0. The third-order valence-corrected chi connectivity index (χ3v) is 4.73. The molecule has 0 unspecified atom stereocenters. The number of benzene rings is 2. The van der Waals surface area contributed by atoms with Gasteiger partial charge in [0.05, 0.1) is 12.2 Å². The fraction of sp³-hybridized carbons (Fsp3) is 0.292. The van der Waals surface area contributed by atoms with E-state index in [4.69, 9.17) is 8.22 Å². The molecule has 0 amide bonds. The molecule has 0 saturated heterocycles. The van der Waals surface area contributed by atoms with E-state index in [1.54, 1.807) is 24.3 Å². The number of halogens is 1. The van der Waals surface area contributed by atoms with E-state index in [2.05, 4.69) is 0 Å². The van der Waals surface area contributed by atoms with Gasteiger partial charge >= 0.3 is 29.6 Å². The van der Waals surface area contributed by atoms with Crippen LogP contribution >= 0.6 is 0 Å². The van der Waals surface area contributed by atoms with Crippen LogP contribution in [0.4, 0.5) is 4.39 Å². The van der Waals surface area contributed by atoms with Crippen molar-refractivity contribution in [2.24, 2.45) is 0 Å². The Kier molecular flexibility index (Phi) is 6.28. The van der Waals surface area contributed by atoms with Gasteiger partial charge in [0, 0.05) is 55.2 Å². The predicted octanol–water partition coefficient (Wildman–Crippen LogP) is 0.297. The van der Waals surface area contributed by atoms with Crippen molar-refractivity contribution in [3.63, 3.8) is 0 Å². The van der Waals surface area contributed by atoms with Crippen LogP contribution in [0, 0.1) is 5.82 Å². The predicted molar refractivity (Wildman–Crippen MR) is 113 cm³/mol. The van der Waals surface area contributed by atoms with E-state index in [0.717, 1.165) is 0 Å². The number of carboxylic acid groups (broad SMARTS) is 1. The number of aromatic nitrogens is 1. The van der Waals surface area contributed by atoms with Crippen LogP contribution in [-0.4, -0.2) is 33.0 Å². The van der Waals surface area contributed by atoms with E-state index >= 15 is 0 Å². The third kappa shape index (κ3) is 6.05. The molecule has 158 valence electrons. The summed E-state index contributed by atoms with van der Waals surface area (Å²) in [7, 11) is 0. The standard InChI is InChI=1S/C24H26FNO4.Na/c1-15(2)26-21-6-4-3-5-20(21)24(16-7-9-17(25)10-8-16)22(26)12-11-18(27)13-19(28)14-23(29)30;/h3-12,15,18-19,27-28H,13-14H2,1-2H3,(H,29,30);/q;+1/p-1/b12-11+;/t18-,19-;/m0./s1/i1+1D3,2+1D3;. The van der Waals surface area contributed by atoms with Gasteiger partial charge in [-0.05, 0) is 43.5 Å². The van der Waals surface area contributed by atoms with Crippen LogP contribution in [0.3, 0.4) is 0 Å². The molecule has 5 nitrogen and oxygen atoms in total. The Bertz CT molecular complexity index is 1240. The number of carbonyl (C=O) groups is 1. The van der Waals surface area contributed by atoms with Crippen molar-refractivity contribution in [1.82, 2.24) is 4.57 Å². The number of fused-ring (bicyclic) bond motifs is 1. The van der Waals surface area contributed by atoms with Crippen LogP contribution < -0.4 is 34.7 Å². The number of rotatable bonds is 8. The molecular formula is C24H25FNNaO4. The van der Waals surface area contributed by atoms with Gasteiger partial charge in [-0.2, -0.15) is 0 Å². The molecule has 1 aromatic heterocycles. The maximum Gasteiger partial charge on any atom is 1.00 e. The smallest absolute Gasteiger partial charge is 0.550 e. The molecule has 0 saturated carbocycles. The molecule has 0 aliphatic rings. The van der Waals surface area contributed by atoms with Gasteiger partial charge in [-0.25, -0.2) is 4.39 Å². The van der Waals surface area contributed by atoms with Gasteiger partial charge in [0.1, 0.15) is 5.82 Å². The molecule has 31 heavy (non-hydrogen) atoms. The number of carboxylic acids is 1. The summed E-state index contributed by atoms with van der Waals surface area (Å²) in [6, 6.07) is 9.99. The zero-order valence-electron chi connectivity index (χ0n) is 23.0.